The van der Waals surface area contributed by atoms with Gasteiger partial charge in [0.1, 0.15) is 0 Å². The molecule has 0 saturated carbocycles. The molecule has 0 aliphatic heterocycles. The van der Waals surface area contributed by atoms with Crippen LogP contribution in [0.25, 0.3) is 0 Å². The number of anilines is 1. The van der Waals surface area contributed by atoms with Crippen LogP contribution in [0.4, 0.5) is 5.69 Å². The Morgan fingerprint density at radius 1 is 1.41 bits per heavy atom. The number of hydrazine groups is 1. The Kier molecular flexibility index (Phi) is 6.13. The Hall–Kier alpha value is -1.68. The minimum Gasteiger partial charge on any atom is -0.465 e. The minimum atomic E-state index is -4.33. The van der Waals surface area contributed by atoms with Crippen molar-refractivity contribution in [3.63, 3.8) is 0 Å². The summed E-state index contributed by atoms with van der Waals surface area (Å²) in [7, 11) is -3.11. The van der Waals surface area contributed by atoms with Gasteiger partial charge in [-0.25, -0.2) is 4.79 Å². The molecule has 17 heavy (non-hydrogen) atoms. The number of nitrogens with one attached hydrogen (secondary N) is 1. The highest BCUT2D eigenvalue weighted by atomic mass is 32.2. The van der Waals surface area contributed by atoms with Gasteiger partial charge in [-0.15, -0.1) is 0 Å². The molecule has 0 heterocycles. The first-order valence-electron chi connectivity index (χ1n) is 4.19. The Morgan fingerprint density at radius 3 is 2.47 bits per heavy atom. The SMILES string of the molecule is COC(=O)c1cccc(NS(=O)(=O)O)c1.NN. The van der Waals surface area contributed by atoms with Gasteiger partial charge in [-0.1, -0.05) is 6.07 Å². The molecule has 0 spiro atoms. The lowest BCUT2D eigenvalue weighted by molar-refractivity contribution is 0.0600. The van der Waals surface area contributed by atoms with E-state index < -0.39 is 16.3 Å². The molecule has 9 heteroatoms. The summed E-state index contributed by atoms with van der Waals surface area (Å²) in [6, 6.07) is 5.56. The predicted octanol–water partition coefficient (Wildman–Crippen LogP) is -0.493. The maximum absolute atomic E-state index is 11.1. The van der Waals surface area contributed by atoms with Crippen molar-refractivity contribution < 1.29 is 22.5 Å². The van der Waals surface area contributed by atoms with E-state index in [4.69, 9.17) is 4.55 Å². The van der Waals surface area contributed by atoms with Crippen molar-refractivity contribution in [2.45, 2.75) is 0 Å². The number of carbonyl (C=O) groups is 1. The van der Waals surface area contributed by atoms with Crippen molar-refractivity contribution in [1.82, 2.24) is 0 Å². The molecule has 1 rings (SSSR count). The number of rotatable bonds is 3. The monoisotopic (exact) mass is 263 g/mol. The number of methoxy groups -OCH3 is 1. The van der Waals surface area contributed by atoms with E-state index in [0.717, 1.165) is 0 Å². The second-order valence-electron chi connectivity index (χ2n) is 2.65. The highest BCUT2D eigenvalue weighted by molar-refractivity contribution is 7.87. The molecular formula is C8H13N3O5S. The highest BCUT2D eigenvalue weighted by Gasteiger charge is 2.08. The van der Waals surface area contributed by atoms with Gasteiger partial charge < -0.3 is 4.74 Å². The van der Waals surface area contributed by atoms with Crippen LogP contribution in [-0.2, 0) is 15.0 Å². The normalized spacial score (nSPS) is 9.88. The summed E-state index contributed by atoms with van der Waals surface area (Å²) in [6.07, 6.45) is 0. The van der Waals surface area contributed by atoms with E-state index in [1.54, 1.807) is 0 Å². The van der Waals surface area contributed by atoms with Crippen LogP contribution in [0.5, 0.6) is 0 Å². The first kappa shape index (κ1) is 15.3. The molecule has 1 aromatic carbocycles. The van der Waals surface area contributed by atoms with E-state index in [1.807, 2.05) is 4.72 Å². The summed E-state index contributed by atoms with van der Waals surface area (Å²) in [5.74, 6) is 7.41. The molecule has 96 valence electrons. The largest absolute Gasteiger partial charge is 0.465 e. The molecule has 0 aromatic heterocycles. The average molecular weight is 263 g/mol. The minimum absolute atomic E-state index is 0.0837. The van der Waals surface area contributed by atoms with Gasteiger partial charge in [0, 0.05) is 0 Å². The molecule has 0 aliphatic carbocycles. The third-order valence-corrected chi connectivity index (χ3v) is 2.02. The van der Waals surface area contributed by atoms with E-state index >= 15 is 0 Å². The Morgan fingerprint density at radius 2 is 2.00 bits per heavy atom. The van der Waals surface area contributed by atoms with Gasteiger partial charge in [0.25, 0.3) is 0 Å². The third kappa shape index (κ3) is 5.82. The molecule has 6 N–H and O–H groups in total. The van der Waals surface area contributed by atoms with E-state index in [-0.39, 0.29) is 11.3 Å². The van der Waals surface area contributed by atoms with Crippen molar-refractivity contribution in [1.29, 1.82) is 0 Å². The van der Waals surface area contributed by atoms with Crippen molar-refractivity contribution in [2.75, 3.05) is 11.8 Å². The van der Waals surface area contributed by atoms with Gasteiger partial charge in [0.15, 0.2) is 0 Å². The van der Waals surface area contributed by atoms with Crippen molar-refractivity contribution in [3.05, 3.63) is 29.8 Å². The van der Waals surface area contributed by atoms with Gasteiger partial charge in [-0.05, 0) is 18.2 Å². The smallest absolute Gasteiger partial charge is 0.357 e. The quantitative estimate of drug-likeness (QED) is 0.249. The lowest BCUT2D eigenvalue weighted by atomic mass is 10.2. The highest BCUT2D eigenvalue weighted by Crippen LogP contribution is 2.12. The first-order chi connectivity index (χ1) is 7.92. The third-order valence-electron chi connectivity index (χ3n) is 1.53. The number of carbonyl (C=O) groups excluding carboxylic acids is 1. The summed E-state index contributed by atoms with van der Waals surface area (Å²) in [4.78, 5) is 11.1. The van der Waals surface area contributed by atoms with Crippen molar-refractivity contribution in [2.24, 2.45) is 11.7 Å². The number of benzene rings is 1. The Bertz CT molecular complexity index is 474. The molecule has 0 radical (unpaired) electrons. The van der Waals surface area contributed by atoms with Crippen molar-refractivity contribution >= 4 is 22.0 Å². The molecule has 8 nitrogen and oxygen atoms in total. The fourth-order valence-corrected chi connectivity index (χ4v) is 1.40. The zero-order valence-corrected chi connectivity index (χ0v) is 9.77. The van der Waals surface area contributed by atoms with Crippen LogP contribution in [0, 0.1) is 0 Å². The lowest BCUT2D eigenvalue weighted by Crippen LogP contribution is -2.11. The second-order valence-corrected chi connectivity index (χ2v) is 3.80. The lowest BCUT2D eigenvalue weighted by Gasteiger charge is -2.04. The van der Waals surface area contributed by atoms with Crippen LogP contribution in [-0.4, -0.2) is 26.0 Å². The molecule has 0 atom stereocenters. The maximum Gasteiger partial charge on any atom is 0.357 e. The first-order valence-corrected chi connectivity index (χ1v) is 5.63. The number of nitrogens with two attached hydrogens (primary N) is 2. The zero-order valence-electron chi connectivity index (χ0n) is 8.95. The summed E-state index contributed by atoms with van der Waals surface area (Å²) in [5, 5.41) is 0. The van der Waals surface area contributed by atoms with Crippen LogP contribution in [0.2, 0.25) is 0 Å². The molecule has 0 saturated heterocycles. The van der Waals surface area contributed by atoms with Crippen LogP contribution >= 0.6 is 0 Å². The molecule has 0 fully saturated rings. The van der Waals surface area contributed by atoms with Gasteiger partial charge in [0.05, 0.1) is 18.4 Å². The van der Waals surface area contributed by atoms with E-state index in [1.165, 1.54) is 31.4 Å². The molecule has 0 bridgehead atoms. The van der Waals surface area contributed by atoms with Gasteiger partial charge in [-0.2, -0.15) is 8.42 Å². The molecule has 0 amide bonds. The maximum atomic E-state index is 11.1. The van der Waals surface area contributed by atoms with Gasteiger partial charge >= 0.3 is 16.3 Å². The molecule has 1 aromatic rings. The average Bonchev–Trinajstić information content (AvgIpc) is 2.29. The number of ether oxygens (including phenoxy) is 1. The summed E-state index contributed by atoms with van der Waals surface area (Å²) in [5.41, 5.74) is 0.270. The van der Waals surface area contributed by atoms with Gasteiger partial charge in [-0.3, -0.25) is 21.0 Å². The number of esters is 1. The fraction of sp³-hybridized carbons (Fsp3) is 0.125. The Labute approximate surface area is 98.4 Å². The van der Waals surface area contributed by atoms with Gasteiger partial charge in [0.2, 0.25) is 0 Å². The van der Waals surface area contributed by atoms with E-state index in [2.05, 4.69) is 16.4 Å². The van der Waals surface area contributed by atoms with Crippen molar-refractivity contribution in [3.8, 4) is 0 Å². The van der Waals surface area contributed by atoms with Crippen LogP contribution in [0.15, 0.2) is 24.3 Å². The van der Waals surface area contributed by atoms with E-state index in [0.29, 0.717) is 0 Å². The van der Waals surface area contributed by atoms with E-state index in [9.17, 15) is 13.2 Å². The molecule has 0 aliphatic rings. The van der Waals surface area contributed by atoms with Crippen LogP contribution in [0.1, 0.15) is 10.4 Å². The second kappa shape index (κ2) is 6.81. The number of hydrogen-bond acceptors (Lipinski definition) is 6. The summed E-state index contributed by atoms with van der Waals surface area (Å²) < 4.78 is 35.7. The van der Waals surface area contributed by atoms with Crippen LogP contribution in [0.3, 0.4) is 0 Å². The Balaban J connectivity index is 0.00000121. The van der Waals surface area contributed by atoms with Crippen LogP contribution < -0.4 is 16.4 Å². The topological polar surface area (TPSA) is 145 Å². The molecular weight excluding hydrogens is 250 g/mol. The summed E-state index contributed by atoms with van der Waals surface area (Å²) in [6.45, 7) is 0. The molecule has 0 unspecified atom stereocenters. The fourth-order valence-electron chi connectivity index (χ4n) is 0.976. The zero-order chi connectivity index (χ0) is 13.5. The number of hydrogen-bond donors (Lipinski definition) is 4. The summed E-state index contributed by atoms with van der Waals surface area (Å²) >= 11 is 0. The standard InChI is InChI=1S/C8H9NO5S.H4N2/c1-14-8(10)6-3-2-4-7(5-6)9-15(11,12)13;1-2/h2-5,9H,1H3,(H,11,12,13);1-2H2. The predicted molar refractivity (Wildman–Crippen MR) is 61.3 cm³/mol.